The van der Waals surface area contributed by atoms with Crippen molar-refractivity contribution in [1.29, 1.82) is 0 Å². The van der Waals surface area contributed by atoms with Crippen molar-refractivity contribution in [3.63, 3.8) is 0 Å². The van der Waals surface area contributed by atoms with Gasteiger partial charge in [-0.3, -0.25) is 18.6 Å². The summed E-state index contributed by atoms with van der Waals surface area (Å²) in [5.41, 5.74) is 0. The smallest absolute Gasteiger partial charge is 0.462 e. The zero-order valence-corrected chi connectivity index (χ0v) is 34.5. The zero-order valence-electron chi connectivity index (χ0n) is 33.6. The Balaban J connectivity index is 4.72. The minimum Gasteiger partial charge on any atom is -0.462 e. The molecule has 0 aromatic heterocycles. The highest BCUT2D eigenvalue weighted by Gasteiger charge is 2.27. The number of hydrogen-bond acceptors (Lipinski definition) is 12. The Kier molecular flexibility index (Phi) is 33.6. The normalized spacial score (nSPS) is 16.7. The average molecular weight is 805 g/mol. The monoisotopic (exact) mass is 804 g/mol. The summed E-state index contributed by atoms with van der Waals surface area (Å²) in [6.07, 6.45) is 23.1. The van der Waals surface area contributed by atoms with Crippen molar-refractivity contribution in [3.05, 3.63) is 48.6 Å². The summed E-state index contributed by atoms with van der Waals surface area (Å²) in [4.78, 5) is 34.9. The fourth-order valence-corrected chi connectivity index (χ4v) is 5.96. The standard InChI is InChI=1S/C41H73O13P/c1-4-6-17-24-35(43)25-19-14-11-12-15-20-26-38(45)39(46)27-22-29-41(48)54-37(33-53-55(49,50)52-31-36(44)30-42)32-51-40(47)28-21-16-10-8-7-9-13-18-23-34(3)5-2/h11-12,14-15,19-20,25-26,34-39,42-46H,4-10,13,16-18,21-24,27-33H2,1-3H3,(H,49,50)/b14-11-,15-12+,25-19+,26-20+/t34?,35-,36-,37+,38-,39-/m0/s1. The summed E-state index contributed by atoms with van der Waals surface area (Å²) in [5.74, 6) is -0.472. The van der Waals surface area contributed by atoms with E-state index < -0.39 is 76.7 Å². The van der Waals surface area contributed by atoms with Crippen molar-refractivity contribution in [2.75, 3.05) is 26.4 Å². The zero-order chi connectivity index (χ0) is 41.2. The molecule has 13 nitrogen and oxygen atoms in total. The quantitative estimate of drug-likeness (QED) is 0.0164. The van der Waals surface area contributed by atoms with Gasteiger partial charge in [0, 0.05) is 12.8 Å². The molecule has 0 aromatic rings. The van der Waals surface area contributed by atoms with E-state index in [1.54, 1.807) is 42.5 Å². The lowest BCUT2D eigenvalue weighted by Crippen LogP contribution is -2.30. The molecule has 0 aliphatic heterocycles. The first kappa shape index (κ1) is 52.8. The van der Waals surface area contributed by atoms with Gasteiger partial charge in [0.2, 0.25) is 0 Å². The Morgan fingerprint density at radius 3 is 1.85 bits per heavy atom. The van der Waals surface area contributed by atoms with Crippen LogP contribution in [0.4, 0.5) is 0 Å². The van der Waals surface area contributed by atoms with Gasteiger partial charge in [0.05, 0.1) is 38.1 Å². The number of esters is 2. The van der Waals surface area contributed by atoms with Gasteiger partial charge in [-0.05, 0) is 31.6 Å². The Labute approximate surface area is 330 Å². The van der Waals surface area contributed by atoms with Gasteiger partial charge < -0.3 is 39.9 Å². The number of allylic oxidation sites excluding steroid dienone is 6. The van der Waals surface area contributed by atoms with E-state index in [0.29, 0.717) is 6.42 Å². The van der Waals surface area contributed by atoms with Gasteiger partial charge in [-0.25, -0.2) is 4.57 Å². The molecule has 0 rings (SSSR count). The van der Waals surface area contributed by atoms with Crippen LogP contribution in [0, 0.1) is 5.92 Å². The molecule has 6 N–H and O–H groups in total. The molecule has 14 heteroatoms. The van der Waals surface area contributed by atoms with Crippen molar-refractivity contribution in [2.45, 2.75) is 167 Å². The van der Waals surface area contributed by atoms with E-state index in [2.05, 4.69) is 25.3 Å². The molecule has 0 heterocycles. The lowest BCUT2D eigenvalue weighted by Gasteiger charge is -2.20. The molecule has 0 aromatic carbocycles. The first-order valence-corrected chi connectivity index (χ1v) is 21.8. The number of ether oxygens (including phenoxy) is 2. The highest BCUT2D eigenvalue weighted by molar-refractivity contribution is 7.47. The molecule has 55 heavy (non-hydrogen) atoms. The van der Waals surface area contributed by atoms with Crippen LogP contribution in [0.5, 0.6) is 0 Å². The molecule has 0 saturated carbocycles. The maximum absolute atomic E-state index is 12.6. The van der Waals surface area contributed by atoms with Crippen molar-refractivity contribution >= 4 is 19.8 Å². The molecule has 0 aliphatic rings. The van der Waals surface area contributed by atoms with Crippen molar-refractivity contribution in [1.82, 2.24) is 0 Å². The SMILES string of the molecule is CCCCC[C@H](O)/C=C/C=C\C=C\C=C\[C@H](O)[C@@H](O)CCCC(=O)O[C@H](COC(=O)CCCCCCCCCCC(C)CC)COP(=O)(O)OC[C@@H](O)CO. The molecular formula is C41H73O13P. The predicted molar refractivity (Wildman–Crippen MR) is 214 cm³/mol. The topological polar surface area (TPSA) is 210 Å². The second kappa shape index (κ2) is 35.0. The summed E-state index contributed by atoms with van der Waals surface area (Å²) in [5, 5.41) is 48.7. The van der Waals surface area contributed by atoms with Crippen LogP contribution in [0.3, 0.4) is 0 Å². The second-order valence-corrected chi connectivity index (χ2v) is 15.6. The largest absolute Gasteiger partial charge is 0.472 e. The summed E-state index contributed by atoms with van der Waals surface area (Å²) in [7, 11) is -4.71. The van der Waals surface area contributed by atoms with E-state index in [1.165, 1.54) is 44.6 Å². The molecule has 320 valence electrons. The number of phosphoric ester groups is 1. The summed E-state index contributed by atoms with van der Waals surface area (Å²) in [6.45, 7) is 4.15. The van der Waals surface area contributed by atoms with Crippen LogP contribution in [0.1, 0.15) is 136 Å². The molecule has 0 spiro atoms. The maximum Gasteiger partial charge on any atom is 0.472 e. The minimum absolute atomic E-state index is 0.0663. The van der Waals surface area contributed by atoms with Gasteiger partial charge in [-0.1, -0.05) is 146 Å². The molecule has 7 atom stereocenters. The first-order valence-electron chi connectivity index (χ1n) is 20.3. The Morgan fingerprint density at radius 1 is 0.655 bits per heavy atom. The van der Waals surface area contributed by atoms with E-state index in [0.717, 1.165) is 50.9 Å². The molecule has 0 bridgehead atoms. The van der Waals surface area contributed by atoms with Crippen LogP contribution >= 0.6 is 7.82 Å². The highest BCUT2D eigenvalue weighted by Crippen LogP contribution is 2.43. The average Bonchev–Trinajstić information content (AvgIpc) is 3.16. The van der Waals surface area contributed by atoms with Gasteiger partial charge in [0.1, 0.15) is 12.7 Å². The van der Waals surface area contributed by atoms with Crippen LogP contribution in [0.25, 0.3) is 0 Å². The van der Waals surface area contributed by atoms with Gasteiger partial charge >= 0.3 is 19.8 Å². The van der Waals surface area contributed by atoms with Gasteiger partial charge in [0.25, 0.3) is 0 Å². The molecular weight excluding hydrogens is 731 g/mol. The molecule has 0 saturated heterocycles. The van der Waals surface area contributed by atoms with Gasteiger partial charge in [0.15, 0.2) is 6.10 Å². The second-order valence-electron chi connectivity index (χ2n) is 14.1. The lowest BCUT2D eigenvalue weighted by molar-refractivity contribution is -0.161. The third kappa shape index (κ3) is 33.6. The van der Waals surface area contributed by atoms with E-state index in [1.807, 2.05) is 0 Å². The first-order chi connectivity index (χ1) is 26.3. The number of rotatable bonds is 36. The van der Waals surface area contributed by atoms with Crippen LogP contribution in [-0.4, -0.2) is 99.3 Å². The number of hydrogen-bond donors (Lipinski definition) is 6. The van der Waals surface area contributed by atoms with Crippen LogP contribution < -0.4 is 0 Å². The van der Waals surface area contributed by atoms with E-state index in [-0.39, 0.29) is 25.7 Å². The summed E-state index contributed by atoms with van der Waals surface area (Å²) in [6, 6.07) is 0. The number of carbonyl (C=O) groups excluding carboxylic acids is 2. The number of phosphoric acid groups is 1. The lowest BCUT2D eigenvalue weighted by atomic mass is 9.99. The fourth-order valence-electron chi connectivity index (χ4n) is 5.17. The third-order valence-electron chi connectivity index (χ3n) is 8.89. The fraction of sp³-hybridized carbons (Fsp3) is 0.756. The van der Waals surface area contributed by atoms with Crippen molar-refractivity contribution in [2.24, 2.45) is 5.92 Å². The Morgan fingerprint density at radius 2 is 1.22 bits per heavy atom. The van der Waals surface area contributed by atoms with E-state index >= 15 is 0 Å². The minimum atomic E-state index is -4.71. The predicted octanol–water partition coefficient (Wildman–Crippen LogP) is 6.93. The van der Waals surface area contributed by atoms with Crippen molar-refractivity contribution in [3.8, 4) is 0 Å². The Bertz CT molecular complexity index is 1130. The van der Waals surface area contributed by atoms with Crippen LogP contribution in [0.2, 0.25) is 0 Å². The molecule has 0 fully saturated rings. The summed E-state index contributed by atoms with van der Waals surface area (Å²) >= 11 is 0. The Hall–Kier alpha value is -2.19. The molecule has 0 amide bonds. The van der Waals surface area contributed by atoms with Crippen LogP contribution in [0.15, 0.2) is 48.6 Å². The number of unbranched alkanes of at least 4 members (excludes halogenated alkanes) is 9. The number of carbonyl (C=O) groups is 2. The van der Waals surface area contributed by atoms with Crippen molar-refractivity contribution < 1.29 is 63.1 Å². The maximum atomic E-state index is 12.6. The number of aliphatic hydroxyl groups is 5. The van der Waals surface area contributed by atoms with E-state index in [4.69, 9.17) is 19.1 Å². The highest BCUT2D eigenvalue weighted by atomic mass is 31.2. The molecule has 0 aliphatic carbocycles. The molecule has 0 radical (unpaired) electrons. The third-order valence-corrected chi connectivity index (χ3v) is 9.84. The van der Waals surface area contributed by atoms with E-state index in [9.17, 15) is 39.5 Å². The van der Waals surface area contributed by atoms with Crippen LogP contribution in [-0.2, 0) is 32.7 Å². The molecule has 2 unspecified atom stereocenters. The number of aliphatic hydroxyl groups excluding tert-OH is 5. The summed E-state index contributed by atoms with van der Waals surface area (Å²) < 4.78 is 32.4. The van der Waals surface area contributed by atoms with Gasteiger partial charge in [-0.2, -0.15) is 0 Å². The van der Waals surface area contributed by atoms with Gasteiger partial charge in [-0.15, -0.1) is 0 Å².